The Bertz CT molecular complexity index is 208. The molecule has 0 bridgehead atoms. The maximum Gasteiger partial charge on any atom is 0.127 e. The number of anilines is 1. The third-order valence-corrected chi connectivity index (χ3v) is 1.16. The molecule has 0 saturated carbocycles. The lowest BCUT2D eigenvalue weighted by Crippen LogP contribution is -2.01. The zero-order chi connectivity index (χ0) is 8.10. The van der Waals surface area contributed by atoms with Crippen LogP contribution in [0.15, 0.2) is 18.2 Å². The van der Waals surface area contributed by atoms with Gasteiger partial charge in [-0.3, -0.25) is 0 Å². The lowest BCUT2D eigenvalue weighted by Gasteiger charge is -2.02. The van der Waals surface area contributed by atoms with E-state index in [1.807, 2.05) is 0 Å². The fourth-order valence-corrected chi connectivity index (χ4v) is 0.668. The first-order valence-corrected chi connectivity index (χ1v) is 3.34. The van der Waals surface area contributed by atoms with E-state index in [4.69, 9.17) is 15.6 Å². The molecule has 3 nitrogen and oxygen atoms in total. The highest BCUT2D eigenvalue weighted by molar-refractivity contribution is 5.40. The molecule has 0 saturated heterocycles. The fourth-order valence-electron chi connectivity index (χ4n) is 0.668. The van der Waals surface area contributed by atoms with Crippen molar-refractivity contribution in [3.05, 3.63) is 24.3 Å². The minimum absolute atomic E-state index is 0.0121. The first kappa shape index (κ1) is 7.88. The first-order valence-electron chi connectivity index (χ1n) is 3.34. The SMILES string of the molecule is Nc1c[c]c(OCCO)cc1. The topological polar surface area (TPSA) is 55.5 Å². The zero-order valence-electron chi connectivity index (χ0n) is 6.08. The van der Waals surface area contributed by atoms with Crippen molar-refractivity contribution in [3.8, 4) is 5.75 Å². The molecule has 0 aromatic heterocycles. The average molecular weight is 152 g/mol. The van der Waals surface area contributed by atoms with Crippen molar-refractivity contribution in [2.75, 3.05) is 18.9 Å². The molecule has 0 atom stereocenters. The molecule has 1 rings (SSSR count). The van der Waals surface area contributed by atoms with E-state index in [9.17, 15) is 0 Å². The summed E-state index contributed by atoms with van der Waals surface area (Å²) in [4.78, 5) is 0. The average Bonchev–Trinajstić information content (AvgIpc) is 2.04. The van der Waals surface area contributed by atoms with Crippen LogP contribution < -0.4 is 10.5 Å². The van der Waals surface area contributed by atoms with E-state index in [-0.39, 0.29) is 6.61 Å². The van der Waals surface area contributed by atoms with Crippen LogP contribution in [0.5, 0.6) is 5.75 Å². The van der Waals surface area contributed by atoms with Gasteiger partial charge in [-0.15, -0.1) is 0 Å². The summed E-state index contributed by atoms with van der Waals surface area (Å²) in [6.45, 7) is 0.304. The van der Waals surface area contributed by atoms with E-state index in [0.29, 0.717) is 18.0 Å². The van der Waals surface area contributed by atoms with E-state index in [0.717, 1.165) is 0 Å². The normalized spacial score (nSPS) is 9.55. The van der Waals surface area contributed by atoms with E-state index in [1.165, 1.54) is 0 Å². The lowest BCUT2D eigenvalue weighted by molar-refractivity contribution is 0.201. The van der Waals surface area contributed by atoms with Crippen LogP contribution in [0.4, 0.5) is 5.69 Å². The highest BCUT2D eigenvalue weighted by Gasteiger charge is 1.91. The van der Waals surface area contributed by atoms with Gasteiger partial charge < -0.3 is 15.6 Å². The molecule has 3 N–H and O–H groups in total. The van der Waals surface area contributed by atoms with Gasteiger partial charge in [-0.25, -0.2) is 0 Å². The third kappa shape index (κ3) is 2.47. The molecule has 1 aromatic rings. The molecule has 3 heteroatoms. The Morgan fingerprint density at radius 2 is 2.36 bits per heavy atom. The Morgan fingerprint density at radius 3 is 2.91 bits per heavy atom. The predicted molar refractivity (Wildman–Crippen MR) is 42.3 cm³/mol. The summed E-state index contributed by atoms with van der Waals surface area (Å²) in [5.41, 5.74) is 6.07. The molecule has 0 fully saturated rings. The molecule has 0 spiro atoms. The van der Waals surface area contributed by atoms with Crippen molar-refractivity contribution in [1.82, 2.24) is 0 Å². The Hall–Kier alpha value is -1.22. The summed E-state index contributed by atoms with van der Waals surface area (Å²) >= 11 is 0. The quantitative estimate of drug-likeness (QED) is 0.618. The zero-order valence-corrected chi connectivity index (χ0v) is 6.08. The van der Waals surface area contributed by atoms with Gasteiger partial charge >= 0.3 is 0 Å². The number of benzene rings is 1. The number of aliphatic hydroxyl groups is 1. The maximum atomic E-state index is 8.42. The summed E-state index contributed by atoms with van der Waals surface area (Å²) < 4.78 is 5.05. The van der Waals surface area contributed by atoms with Crippen LogP contribution in [0.25, 0.3) is 0 Å². The van der Waals surface area contributed by atoms with Crippen molar-refractivity contribution in [2.24, 2.45) is 0 Å². The summed E-state index contributed by atoms with van der Waals surface area (Å²) in [5.74, 6) is 0.605. The van der Waals surface area contributed by atoms with Crippen molar-refractivity contribution in [2.45, 2.75) is 0 Å². The standard InChI is InChI=1S/C8H10NO2/c9-7-1-3-8(4-2-7)11-6-5-10/h1-3,10H,5-6,9H2. The van der Waals surface area contributed by atoms with Gasteiger partial charge in [0.15, 0.2) is 0 Å². The molecule has 0 aliphatic heterocycles. The van der Waals surface area contributed by atoms with Gasteiger partial charge in [0.1, 0.15) is 12.4 Å². The molecule has 1 aromatic carbocycles. The van der Waals surface area contributed by atoms with Crippen molar-refractivity contribution in [3.63, 3.8) is 0 Å². The van der Waals surface area contributed by atoms with Gasteiger partial charge in [0.05, 0.1) is 6.61 Å². The molecule has 0 aliphatic carbocycles. The van der Waals surface area contributed by atoms with Crippen LogP contribution >= 0.6 is 0 Å². The largest absolute Gasteiger partial charge is 0.491 e. The van der Waals surface area contributed by atoms with Crippen molar-refractivity contribution in [1.29, 1.82) is 0 Å². The maximum absolute atomic E-state index is 8.42. The monoisotopic (exact) mass is 152 g/mol. The van der Waals surface area contributed by atoms with Gasteiger partial charge in [-0.05, 0) is 18.2 Å². The highest BCUT2D eigenvalue weighted by atomic mass is 16.5. The Labute approximate surface area is 65.4 Å². The lowest BCUT2D eigenvalue weighted by atomic mass is 10.3. The second kappa shape index (κ2) is 3.83. The predicted octanol–water partition coefficient (Wildman–Crippen LogP) is 0.440. The molecule has 0 amide bonds. The van der Waals surface area contributed by atoms with Gasteiger partial charge in [-0.2, -0.15) is 0 Å². The first-order chi connectivity index (χ1) is 5.33. The van der Waals surface area contributed by atoms with Crippen LogP contribution in [0, 0.1) is 6.07 Å². The fraction of sp³-hybridized carbons (Fsp3) is 0.250. The Morgan fingerprint density at radius 1 is 1.55 bits per heavy atom. The molecule has 11 heavy (non-hydrogen) atoms. The summed E-state index contributed by atoms with van der Waals surface area (Å²) in [6.07, 6.45) is 0. The Balaban J connectivity index is 2.52. The number of hydrogen-bond acceptors (Lipinski definition) is 3. The number of ether oxygens (including phenoxy) is 1. The van der Waals surface area contributed by atoms with Crippen LogP contribution in [0.1, 0.15) is 0 Å². The summed E-state index contributed by atoms with van der Waals surface area (Å²) in [5, 5.41) is 8.42. The van der Waals surface area contributed by atoms with Crippen molar-refractivity contribution >= 4 is 5.69 Å². The molecular formula is C8H10NO2. The molecular weight excluding hydrogens is 142 g/mol. The molecule has 1 radical (unpaired) electrons. The van der Waals surface area contributed by atoms with Gasteiger partial charge in [0.25, 0.3) is 0 Å². The van der Waals surface area contributed by atoms with Crippen LogP contribution in [-0.4, -0.2) is 18.3 Å². The van der Waals surface area contributed by atoms with Crippen molar-refractivity contribution < 1.29 is 9.84 Å². The smallest absolute Gasteiger partial charge is 0.127 e. The number of nitrogen functional groups attached to an aromatic ring is 1. The van der Waals surface area contributed by atoms with Gasteiger partial charge in [0.2, 0.25) is 0 Å². The molecule has 59 valence electrons. The molecule has 0 unspecified atom stereocenters. The highest BCUT2D eigenvalue weighted by Crippen LogP contribution is 2.11. The molecule has 0 aliphatic rings. The summed E-state index contributed by atoms with van der Waals surface area (Å²) in [6, 6.07) is 7.88. The van der Waals surface area contributed by atoms with Crippen LogP contribution in [0.2, 0.25) is 0 Å². The minimum Gasteiger partial charge on any atom is -0.491 e. The molecule has 0 heterocycles. The second-order valence-electron chi connectivity index (χ2n) is 2.06. The number of rotatable bonds is 3. The number of aliphatic hydroxyl groups excluding tert-OH is 1. The number of hydrogen-bond donors (Lipinski definition) is 2. The van der Waals surface area contributed by atoms with Crippen LogP contribution in [0.3, 0.4) is 0 Å². The van der Waals surface area contributed by atoms with E-state index in [2.05, 4.69) is 6.07 Å². The van der Waals surface area contributed by atoms with E-state index >= 15 is 0 Å². The van der Waals surface area contributed by atoms with E-state index < -0.39 is 0 Å². The van der Waals surface area contributed by atoms with E-state index in [1.54, 1.807) is 18.2 Å². The van der Waals surface area contributed by atoms with Crippen LogP contribution in [-0.2, 0) is 0 Å². The summed E-state index contributed by atoms with van der Waals surface area (Å²) in [7, 11) is 0. The number of nitrogens with two attached hydrogens (primary N) is 1. The Kier molecular flexibility index (Phi) is 2.74. The minimum atomic E-state index is 0.0121. The van der Waals surface area contributed by atoms with Gasteiger partial charge in [0, 0.05) is 11.8 Å². The second-order valence-corrected chi connectivity index (χ2v) is 2.06. The third-order valence-electron chi connectivity index (χ3n) is 1.16. The van der Waals surface area contributed by atoms with Gasteiger partial charge in [-0.1, -0.05) is 0 Å².